The van der Waals surface area contributed by atoms with Crippen LogP contribution in [-0.4, -0.2) is 18.0 Å². The molecule has 0 saturated carbocycles. The van der Waals surface area contributed by atoms with Gasteiger partial charge in [-0.3, -0.25) is 4.79 Å². The van der Waals surface area contributed by atoms with Crippen LogP contribution in [-0.2, 0) is 11.2 Å². The standard InChI is InChI=1S/C15H17ClN2O2/c1-10-8-13(14(20-2)9-12(10)16)18-15(19)6-5-11-4-3-7-17-11/h3-4,7-9,17H,5-6H2,1-2H3,(H,18,19). The predicted octanol–water partition coefficient (Wildman–Crippen LogP) is 3.56. The summed E-state index contributed by atoms with van der Waals surface area (Å²) < 4.78 is 5.23. The van der Waals surface area contributed by atoms with Crippen molar-refractivity contribution in [3.05, 3.63) is 46.7 Å². The number of rotatable bonds is 5. The largest absolute Gasteiger partial charge is 0.495 e. The van der Waals surface area contributed by atoms with Gasteiger partial charge in [0, 0.05) is 29.4 Å². The molecule has 2 aromatic rings. The molecule has 1 aromatic heterocycles. The molecule has 0 atom stereocenters. The van der Waals surface area contributed by atoms with Crippen molar-refractivity contribution in [3.8, 4) is 5.75 Å². The molecule has 4 nitrogen and oxygen atoms in total. The number of nitrogens with one attached hydrogen (secondary N) is 2. The molecule has 106 valence electrons. The molecule has 0 fully saturated rings. The third-order valence-electron chi connectivity index (χ3n) is 3.04. The fourth-order valence-corrected chi connectivity index (χ4v) is 2.07. The minimum Gasteiger partial charge on any atom is -0.495 e. The molecular formula is C15H17ClN2O2. The summed E-state index contributed by atoms with van der Waals surface area (Å²) in [7, 11) is 1.55. The molecule has 0 radical (unpaired) electrons. The van der Waals surface area contributed by atoms with Gasteiger partial charge in [-0.05, 0) is 37.1 Å². The highest BCUT2D eigenvalue weighted by Gasteiger charge is 2.10. The number of hydrogen-bond acceptors (Lipinski definition) is 2. The van der Waals surface area contributed by atoms with Crippen molar-refractivity contribution in [2.45, 2.75) is 19.8 Å². The van der Waals surface area contributed by atoms with E-state index < -0.39 is 0 Å². The van der Waals surface area contributed by atoms with Gasteiger partial charge in [-0.15, -0.1) is 0 Å². The highest BCUT2D eigenvalue weighted by molar-refractivity contribution is 6.31. The second kappa shape index (κ2) is 6.48. The second-order valence-corrected chi connectivity index (χ2v) is 4.95. The average molecular weight is 293 g/mol. The summed E-state index contributed by atoms with van der Waals surface area (Å²) in [5, 5.41) is 3.47. The van der Waals surface area contributed by atoms with Gasteiger partial charge in [-0.1, -0.05) is 11.6 Å². The molecule has 20 heavy (non-hydrogen) atoms. The Labute approximate surface area is 123 Å². The van der Waals surface area contributed by atoms with Crippen LogP contribution in [0.4, 0.5) is 5.69 Å². The van der Waals surface area contributed by atoms with E-state index in [4.69, 9.17) is 16.3 Å². The molecule has 0 aliphatic heterocycles. The summed E-state index contributed by atoms with van der Waals surface area (Å²) in [5.41, 5.74) is 2.58. The summed E-state index contributed by atoms with van der Waals surface area (Å²) >= 11 is 6.03. The fourth-order valence-electron chi connectivity index (χ4n) is 1.91. The fraction of sp³-hybridized carbons (Fsp3) is 0.267. The lowest BCUT2D eigenvalue weighted by Gasteiger charge is -2.12. The SMILES string of the molecule is COc1cc(Cl)c(C)cc1NC(=O)CCc1ccc[nH]1. The topological polar surface area (TPSA) is 54.1 Å². The van der Waals surface area contributed by atoms with Crippen molar-refractivity contribution in [1.29, 1.82) is 0 Å². The van der Waals surface area contributed by atoms with Crippen LogP contribution >= 0.6 is 11.6 Å². The van der Waals surface area contributed by atoms with Crippen molar-refractivity contribution < 1.29 is 9.53 Å². The third-order valence-corrected chi connectivity index (χ3v) is 3.45. The monoisotopic (exact) mass is 292 g/mol. The summed E-state index contributed by atoms with van der Waals surface area (Å²) in [5.74, 6) is 0.508. The van der Waals surface area contributed by atoms with Crippen LogP contribution in [0.1, 0.15) is 17.7 Å². The van der Waals surface area contributed by atoms with E-state index in [0.717, 1.165) is 11.3 Å². The number of aromatic amines is 1. The minimum atomic E-state index is -0.0559. The molecule has 0 saturated heterocycles. The highest BCUT2D eigenvalue weighted by atomic mass is 35.5. The Bertz CT molecular complexity index is 594. The molecule has 2 N–H and O–H groups in total. The first-order valence-electron chi connectivity index (χ1n) is 6.36. The maximum absolute atomic E-state index is 12.0. The summed E-state index contributed by atoms with van der Waals surface area (Å²) in [4.78, 5) is 15.0. The van der Waals surface area contributed by atoms with Crippen LogP contribution in [0.5, 0.6) is 5.75 Å². The molecule has 0 bridgehead atoms. The van der Waals surface area contributed by atoms with E-state index >= 15 is 0 Å². The number of amides is 1. The lowest BCUT2D eigenvalue weighted by Crippen LogP contribution is -2.13. The number of anilines is 1. The second-order valence-electron chi connectivity index (χ2n) is 4.55. The number of hydrogen-bond donors (Lipinski definition) is 2. The molecular weight excluding hydrogens is 276 g/mol. The Morgan fingerprint density at radius 1 is 1.45 bits per heavy atom. The van der Waals surface area contributed by atoms with Crippen molar-refractivity contribution in [2.75, 3.05) is 12.4 Å². The van der Waals surface area contributed by atoms with Gasteiger partial charge in [0.2, 0.25) is 5.91 Å². The van der Waals surface area contributed by atoms with Gasteiger partial charge in [0.25, 0.3) is 0 Å². The smallest absolute Gasteiger partial charge is 0.224 e. The maximum Gasteiger partial charge on any atom is 0.224 e. The zero-order valence-corrected chi connectivity index (χ0v) is 12.3. The predicted molar refractivity (Wildman–Crippen MR) is 80.5 cm³/mol. The van der Waals surface area contributed by atoms with Gasteiger partial charge in [0.15, 0.2) is 0 Å². The van der Waals surface area contributed by atoms with Crippen LogP contribution in [0.25, 0.3) is 0 Å². The molecule has 0 aliphatic rings. The van der Waals surface area contributed by atoms with Crippen LogP contribution in [0, 0.1) is 6.92 Å². The van der Waals surface area contributed by atoms with E-state index in [-0.39, 0.29) is 5.91 Å². The molecule has 1 heterocycles. The number of carbonyl (C=O) groups excluding carboxylic acids is 1. The zero-order valence-electron chi connectivity index (χ0n) is 11.5. The normalized spacial score (nSPS) is 10.3. The minimum absolute atomic E-state index is 0.0559. The zero-order chi connectivity index (χ0) is 14.5. The molecule has 0 aliphatic carbocycles. The lowest BCUT2D eigenvalue weighted by atomic mass is 10.2. The molecule has 1 aromatic carbocycles. The van der Waals surface area contributed by atoms with Gasteiger partial charge in [-0.25, -0.2) is 0 Å². The van der Waals surface area contributed by atoms with Gasteiger partial charge in [0.05, 0.1) is 12.8 Å². The number of ether oxygens (including phenoxy) is 1. The maximum atomic E-state index is 12.0. The molecule has 1 amide bonds. The Kier molecular flexibility index (Phi) is 4.69. The van der Waals surface area contributed by atoms with Crippen LogP contribution in [0.15, 0.2) is 30.5 Å². The van der Waals surface area contributed by atoms with E-state index in [1.165, 1.54) is 0 Å². The number of aromatic nitrogens is 1. The van der Waals surface area contributed by atoms with Crippen molar-refractivity contribution in [3.63, 3.8) is 0 Å². The van der Waals surface area contributed by atoms with Gasteiger partial charge in [0.1, 0.15) is 5.75 Å². The molecule has 0 spiro atoms. The summed E-state index contributed by atoms with van der Waals surface area (Å²) in [6.45, 7) is 1.89. The van der Waals surface area contributed by atoms with E-state index in [9.17, 15) is 4.79 Å². The average Bonchev–Trinajstić information content (AvgIpc) is 2.93. The first-order valence-corrected chi connectivity index (χ1v) is 6.74. The summed E-state index contributed by atoms with van der Waals surface area (Å²) in [6.07, 6.45) is 2.93. The van der Waals surface area contributed by atoms with Crippen molar-refractivity contribution in [2.24, 2.45) is 0 Å². The Hall–Kier alpha value is -1.94. The summed E-state index contributed by atoms with van der Waals surface area (Å²) in [6, 6.07) is 7.39. The van der Waals surface area contributed by atoms with Crippen molar-refractivity contribution in [1.82, 2.24) is 4.98 Å². The molecule has 0 unspecified atom stereocenters. The van der Waals surface area contributed by atoms with Gasteiger partial charge in [-0.2, -0.15) is 0 Å². The highest BCUT2D eigenvalue weighted by Crippen LogP contribution is 2.31. The Balaban J connectivity index is 2.01. The van der Waals surface area contributed by atoms with E-state index in [2.05, 4.69) is 10.3 Å². The number of methoxy groups -OCH3 is 1. The first-order chi connectivity index (χ1) is 9.60. The Morgan fingerprint density at radius 2 is 2.25 bits per heavy atom. The number of carbonyl (C=O) groups is 1. The number of halogens is 1. The van der Waals surface area contributed by atoms with Crippen LogP contribution in [0.2, 0.25) is 5.02 Å². The van der Waals surface area contributed by atoms with Crippen LogP contribution in [0.3, 0.4) is 0 Å². The van der Waals surface area contributed by atoms with Gasteiger partial charge < -0.3 is 15.0 Å². The lowest BCUT2D eigenvalue weighted by molar-refractivity contribution is -0.116. The Morgan fingerprint density at radius 3 is 2.90 bits per heavy atom. The van der Waals surface area contributed by atoms with E-state index in [0.29, 0.717) is 29.3 Å². The number of H-pyrrole nitrogens is 1. The van der Waals surface area contributed by atoms with Gasteiger partial charge >= 0.3 is 0 Å². The first kappa shape index (κ1) is 14.5. The molecule has 2 rings (SSSR count). The quantitative estimate of drug-likeness (QED) is 0.885. The third kappa shape index (κ3) is 3.54. The van der Waals surface area contributed by atoms with E-state index in [1.807, 2.05) is 31.3 Å². The molecule has 5 heteroatoms. The van der Waals surface area contributed by atoms with E-state index in [1.54, 1.807) is 13.2 Å². The van der Waals surface area contributed by atoms with Crippen molar-refractivity contribution >= 4 is 23.2 Å². The number of benzene rings is 1. The number of aryl methyl sites for hydroxylation is 2. The van der Waals surface area contributed by atoms with Crippen LogP contribution < -0.4 is 10.1 Å².